The summed E-state index contributed by atoms with van der Waals surface area (Å²) in [4.78, 5) is 35.4. The number of amides is 2. The highest BCUT2D eigenvalue weighted by atomic mass is 16.5. The van der Waals surface area contributed by atoms with Crippen LogP contribution in [0.25, 0.3) is 0 Å². The van der Waals surface area contributed by atoms with Crippen molar-refractivity contribution < 1.29 is 29.0 Å². The molecule has 0 saturated carbocycles. The quantitative estimate of drug-likeness (QED) is 0.705. The number of methoxy groups -OCH3 is 1. The molecule has 0 radical (unpaired) electrons. The first-order valence-electron chi connectivity index (χ1n) is 6.37. The topological polar surface area (TPSA) is 136 Å². The first-order chi connectivity index (χ1) is 10.5. The van der Waals surface area contributed by atoms with Crippen LogP contribution in [0.2, 0.25) is 0 Å². The molecule has 1 unspecified atom stereocenters. The Kier molecular flexibility index (Phi) is 4.88. The molecule has 1 fully saturated rings. The fourth-order valence-corrected chi connectivity index (χ4v) is 1.85. The molecular formula is C11H15N5O6. The normalized spacial score (nSPS) is 17.9. The van der Waals surface area contributed by atoms with Crippen molar-refractivity contribution in [1.29, 1.82) is 0 Å². The molecule has 120 valence electrons. The Morgan fingerprint density at radius 3 is 3.00 bits per heavy atom. The zero-order valence-electron chi connectivity index (χ0n) is 11.8. The fraction of sp³-hybridized carbons (Fsp3) is 0.545. The predicted octanol–water partition coefficient (Wildman–Crippen LogP) is -1.23. The Balaban J connectivity index is 1.91. The highest BCUT2D eigenvalue weighted by Crippen LogP contribution is 2.07. The minimum absolute atomic E-state index is 0.0177. The van der Waals surface area contributed by atoms with Crippen LogP contribution in [0.3, 0.4) is 0 Å². The molecule has 2 rings (SSSR count). The van der Waals surface area contributed by atoms with Crippen molar-refractivity contribution in [2.75, 3.05) is 32.1 Å². The van der Waals surface area contributed by atoms with E-state index >= 15 is 0 Å². The van der Waals surface area contributed by atoms with E-state index in [1.54, 1.807) is 0 Å². The molecule has 1 aliphatic rings. The molecule has 11 heteroatoms. The number of anilines is 1. The van der Waals surface area contributed by atoms with Crippen LogP contribution in [-0.2, 0) is 25.6 Å². The maximum Gasteiger partial charge on any atom is 0.412 e. The van der Waals surface area contributed by atoms with Crippen LogP contribution in [0, 0.1) is 0 Å². The average molecular weight is 313 g/mol. The minimum Gasteiger partial charge on any atom is -0.479 e. The number of carbonyl (C=O) groups is 3. The van der Waals surface area contributed by atoms with Gasteiger partial charge in [0.1, 0.15) is 6.54 Å². The third-order valence-corrected chi connectivity index (χ3v) is 2.95. The number of carboxylic acid groups (broad SMARTS) is 1. The molecule has 11 nitrogen and oxygen atoms in total. The third-order valence-electron chi connectivity index (χ3n) is 2.95. The first kappa shape index (κ1) is 15.7. The van der Waals surface area contributed by atoms with Gasteiger partial charge in [-0.15, -0.1) is 5.10 Å². The second-order valence-electron chi connectivity index (χ2n) is 4.46. The summed E-state index contributed by atoms with van der Waals surface area (Å²) in [6.07, 6.45) is -0.356. The number of carboxylic acids is 1. The molecule has 2 amide bonds. The number of nitrogens with zero attached hydrogens (tertiary/aromatic N) is 4. The monoisotopic (exact) mass is 313 g/mol. The van der Waals surface area contributed by atoms with Crippen LogP contribution in [0.15, 0.2) is 6.20 Å². The number of rotatable bonds is 4. The molecule has 1 aliphatic heterocycles. The van der Waals surface area contributed by atoms with E-state index in [0.717, 1.165) is 0 Å². The summed E-state index contributed by atoms with van der Waals surface area (Å²) in [5.74, 6) is -1.28. The molecule has 2 heterocycles. The van der Waals surface area contributed by atoms with Crippen molar-refractivity contribution in [3.05, 3.63) is 6.20 Å². The predicted molar refractivity (Wildman–Crippen MR) is 70.0 cm³/mol. The Morgan fingerprint density at radius 1 is 1.55 bits per heavy atom. The van der Waals surface area contributed by atoms with E-state index in [9.17, 15) is 14.4 Å². The zero-order chi connectivity index (χ0) is 16.1. The molecule has 0 aliphatic carbocycles. The van der Waals surface area contributed by atoms with E-state index in [4.69, 9.17) is 9.84 Å². The molecule has 1 atom stereocenters. The largest absolute Gasteiger partial charge is 0.479 e. The number of ether oxygens (including phenoxy) is 2. The molecule has 0 bridgehead atoms. The molecule has 2 N–H and O–H groups in total. The van der Waals surface area contributed by atoms with Crippen LogP contribution in [-0.4, -0.2) is 75.9 Å². The van der Waals surface area contributed by atoms with E-state index < -0.39 is 18.2 Å². The average Bonchev–Trinajstić information content (AvgIpc) is 2.94. The summed E-state index contributed by atoms with van der Waals surface area (Å²) in [5.41, 5.74) is 0. The maximum atomic E-state index is 12.1. The Labute approximate surface area is 124 Å². The highest BCUT2D eigenvalue weighted by Gasteiger charge is 2.29. The van der Waals surface area contributed by atoms with Gasteiger partial charge in [0, 0.05) is 6.54 Å². The smallest absolute Gasteiger partial charge is 0.412 e. The van der Waals surface area contributed by atoms with Crippen LogP contribution in [0.4, 0.5) is 10.6 Å². The van der Waals surface area contributed by atoms with Crippen molar-refractivity contribution in [3.8, 4) is 0 Å². The van der Waals surface area contributed by atoms with Crippen LogP contribution in [0.5, 0.6) is 0 Å². The van der Waals surface area contributed by atoms with Gasteiger partial charge >= 0.3 is 12.1 Å². The molecule has 1 saturated heterocycles. The number of carbonyl (C=O) groups excluding carboxylic acids is 2. The minimum atomic E-state index is -1.11. The van der Waals surface area contributed by atoms with Gasteiger partial charge in [-0.1, -0.05) is 5.21 Å². The summed E-state index contributed by atoms with van der Waals surface area (Å²) in [6, 6.07) is 0. The second-order valence-corrected chi connectivity index (χ2v) is 4.46. The lowest BCUT2D eigenvalue weighted by atomic mass is 10.2. The number of aromatic nitrogens is 3. The van der Waals surface area contributed by atoms with Gasteiger partial charge in [0.05, 0.1) is 26.5 Å². The first-order valence-corrected chi connectivity index (χ1v) is 6.37. The van der Waals surface area contributed by atoms with Gasteiger partial charge in [0.15, 0.2) is 11.9 Å². The Morgan fingerprint density at radius 2 is 2.32 bits per heavy atom. The molecule has 1 aromatic rings. The Bertz CT molecular complexity index is 573. The molecular weight excluding hydrogens is 298 g/mol. The number of hydrogen-bond acceptors (Lipinski definition) is 7. The summed E-state index contributed by atoms with van der Waals surface area (Å²) in [5, 5.41) is 18.6. The van der Waals surface area contributed by atoms with E-state index in [0.29, 0.717) is 6.54 Å². The van der Waals surface area contributed by atoms with E-state index in [1.165, 1.54) is 22.9 Å². The second kappa shape index (κ2) is 6.85. The van der Waals surface area contributed by atoms with Crippen LogP contribution in [0.1, 0.15) is 0 Å². The number of aliphatic carboxylic acids is 1. The molecule has 22 heavy (non-hydrogen) atoms. The van der Waals surface area contributed by atoms with Gasteiger partial charge < -0.3 is 19.5 Å². The van der Waals surface area contributed by atoms with Crippen molar-refractivity contribution in [1.82, 2.24) is 19.9 Å². The van der Waals surface area contributed by atoms with Gasteiger partial charge in [-0.3, -0.25) is 10.1 Å². The highest BCUT2D eigenvalue weighted by molar-refractivity contribution is 5.83. The maximum absolute atomic E-state index is 12.1. The van der Waals surface area contributed by atoms with Gasteiger partial charge in [-0.05, 0) is 0 Å². The third kappa shape index (κ3) is 3.91. The van der Waals surface area contributed by atoms with Crippen molar-refractivity contribution in [3.63, 3.8) is 0 Å². The van der Waals surface area contributed by atoms with Crippen molar-refractivity contribution >= 4 is 23.8 Å². The van der Waals surface area contributed by atoms with Crippen molar-refractivity contribution in [2.24, 2.45) is 0 Å². The van der Waals surface area contributed by atoms with Gasteiger partial charge in [0.25, 0.3) is 0 Å². The zero-order valence-corrected chi connectivity index (χ0v) is 11.8. The SMILES string of the molecule is COC(=O)Nc1cn(CC(=O)N2CCOC(C(=O)O)C2)nn1. The van der Waals surface area contributed by atoms with Crippen molar-refractivity contribution in [2.45, 2.75) is 12.6 Å². The number of hydrogen-bond donors (Lipinski definition) is 2. The lowest BCUT2D eigenvalue weighted by Crippen LogP contribution is -2.49. The van der Waals surface area contributed by atoms with Crippen LogP contribution >= 0.6 is 0 Å². The summed E-state index contributed by atoms with van der Waals surface area (Å²) in [7, 11) is 1.21. The van der Waals surface area contributed by atoms with Gasteiger partial charge in [0.2, 0.25) is 5.91 Å². The lowest BCUT2D eigenvalue weighted by Gasteiger charge is -2.30. The molecule has 1 aromatic heterocycles. The fourth-order valence-electron chi connectivity index (χ4n) is 1.85. The molecule has 0 spiro atoms. The summed E-state index contributed by atoms with van der Waals surface area (Å²) >= 11 is 0. The van der Waals surface area contributed by atoms with Gasteiger partial charge in [-0.25, -0.2) is 14.3 Å². The number of nitrogens with one attached hydrogen (secondary N) is 1. The standard InChI is InChI=1S/C11H15N5O6/c1-21-11(20)12-8-5-16(14-13-8)6-9(17)15-2-3-22-7(4-15)10(18)19/h5,7H,2-4,6H2,1H3,(H,12,20)(H,18,19). The van der Waals surface area contributed by atoms with E-state index in [-0.39, 0.29) is 31.4 Å². The number of morpholine rings is 1. The van der Waals surface area contributed by atoms with Gasteiger partial charge in [-0.2, -0.15) is 0 Å². The Hall–Kier alpha value is -2.69. The molecule has 0 aromatic carbocycles. The van der Waals surface area contributed by atoms with Crippen LogP contribution < -0.4 is 5.32 Å². The van der Waals surface area contributed by atoms with E-state index in [2.05, 4.69) is 20.4 Å². The summed E-state index contributed by atoms with van der Waals surface area (Å²) in [6.45, 7) is 0.331. The summed E-state index contributed by atoms with van der Waals surface area (Å²) < 4.78 is 10.7. The lowest BCUT2D eigenvalue weighted by molar-refractivity contribution is -0.159. The van der Waals surface area contributed by atoms with E-state index in [1.807, 2.05) is 0 Å².